The summed E-state index contributed by atoms with van der Waals surface area (Å²) >= 11 is 0. The van der Waals surface area contributed by atoms with Crippen molar-refractivity contribution >= 4 is 27.1 Å². The molecule has 1 aromatic carbocycles. The number of benzene rings is 1. The molecule has 0 aliphatic carbocycles. The first-order valence-electron chi connectivity index (χ1n) is 8.25. The van der Waals surface area contributed by atoms with Gasteiger partial charge >= 0.3 is 0 Å². The van der Waals surface area contributed by atoms with Gasteiger partial charge in [0, 0.05) is 40.3 Å². The van der Waals surface area contributed by atoms with Gasteiger partial charge in [0.15, 0.2) is 0 Å². The summed E-state index contributed by atoms with van der Waals surface area (Å²) in [5, 5.41) is 0. The second kappa shape index (κ2) is 7.11. The SMILES string of the molecule is CN(C)S(=O)(=O)N1CCCN(C(=O)Cc2ccc3nc[nH]c3c2)CC1. The van der Waals surface area contributed by atoms with Gasteiger partial charge in [-0.3, -0.25) is 4.79 Å². The lowest BCUT2D eigenvalue weighted by Crippen LogP contribution is -2.42. The number of nitrogens with one attached hydrogen (secondary N) is 1. The van der Waals surface area contributed by atoms with Crippen LogP contribution in [0.5, 0.6) is 0 Å². The Morgan fingerprint density at radius 1 is 1.24 bits per heavy atom. The Morgan fingerprint density at radius 2 is 2.04 bits per heavy atom. The quantitative estimate of drug-likeness (QED) is 0.852. The first-order valence-corrected chi connectivity index (χ1v) is 9.65. The molecule has 25 heavy (non-hydrogen) atoms. The predicted molar refractivity (Wildman–Crippen MR) is 95.2 cm³/mol. The molecule has 0 unspecified atom stereocenters. The van der Waals surface area contributed by atoms with Crippen LogP contribution in [0.15, 0.2) is 24.5 Å². The van der Waals surface area contributed by atoms with Crippen molar-refractivity contribution < 1.29 is 13.2 Å². The molecule has 0 spiro atoms. The highest BCUT2D eigenvalue weighted by Gasteiger charge is 2.28. The standard InChI is InChI=1S/C16H23N5O3S/c1-19(2)25(23,24)21-7-3-6-20(8-9-21)16(22)11-13-4-5-14-15(10-13)18-12-17-14/h4-5,10,12H,3,6-9,11H2,1-2H3,(H,17,18). The molecule has 1 saturated heterocycles. The number of hydrogen-bond acceptors (Lipinski definition) is 4. The van der Waals surface area contributed by atoms with Crippen LogP contribution in [0.3, 0.4) is 0 Å². The number of imidazole rings is 1. The molecule has 1 aromatic heterocycles. The fourth-order valence-corrected chi connectivity index (χ4v) is 4.12. The van der Waals surface area contributed by atoms with Crippen molar-refractivity contribution in [1.82, 2.24) is 23.5 Å². The number of amides is 1. The lowest BCUT2D eigenvalue weighted by atomic mass is 10.1. The van der Waals surface area contributed by atoms with Crippen LogP contribution in [-0.2, 0) is 21.4 Å². The minimum atomic E-state index is -3.43. The van der Waals surface area contributed by atoms with Crippen molar-refractivity contribution in [3.63, 3.8) is 0 Å². The fourth-order valence-electron chi connectivity index (χ4n) is 2.98. The zero-order valence-corrected chi connectivity index (χ0v) is 15.3. The maximum absolute atomic E-state index is 12.6. The Kier molecular flexibility index (Phi) is 5.07. The Labute approximate surface area is 147 Å². The number of aromatic amines is 1. The third-order valence-electron chi connectivity index (χ3n) is 4.44. The van der Waals surface area contributed by atoms with Gasteiger partial charge in [0.2, 0.25) is 5.91 Å². The topological polar surface area (TPSA) is 89.6 Å². The smallest absolute Gasteiger partial charge is 0.281 e. The normalized spacial score (nSPS) is 17.2. The molecular formula is C16H23N5O3S. The molecule has 1 N–H and O–H groups in total. The van der Waals surface area contributed by atoms with Gasteiger partial charge in [0.25, 0.3) is 10.2 Å². The summed E-state index contributed by atoms with van der Waals surface area (Å²) in [5.41, 5.74) is 2.70. The zero-order chi connectivity index (χ0) is 18.0. The van der Waals surface area contributed by atoms with E-state index >= 15 is 0 Å². The number of aromatic nitrogens is 2. The molecule has 9 heteroatoms. The summed E-state index contributed by atoms with van der Waals surface area (Å²) < 4.78 is 27.1. The molecule has 3 rings (SSSR count). The van der Waals surface area contributed by atoms with Gasteiger partial charge in [-0.15, -0.1) is 0 Å². The average molecular weight is 365 g/mol. The summed E-state index contributed by atoms with van der Waals surface area (Å²) in [6.07, 6.45) is 2.57. The summed E-state index contributed by atoms with van der Waals surface area (Å²) in [6, 6.07) is 5.73. The van der Waals surface area contributed by atoms with E-state index in [2.05, 4.69) is 9.97 Å². The number of rotatable bonds is 4. The van der Waals surface area contributed by atoms with Gasteiger partial charge in [-0.05, 0) is 24.1 Å². The van der Waals surface area contributed by atoms with E-state index in [1.165, 1.54) is 22.7 Å². The van der Waals surface area contributed by atoms with Crippen molar-refractivity contribution in [2.75, 3.05) is 40.3 Å². The lowest BCUT2D eigenvalue weighted by Gasteiger charge is -2.24. The van der Waals surface area contributed by atoms with Crippen LogP contribution in [0.1, 0.15) is 12.0 Å². The van der Waals surface area contributed by atoms with Crippen molar-refractivity contribution in [2.45, 2.75) is 12.8 Å². The number of hydrogen-bond donors (Lipinski definition) is 1. The number of carbonyl (C=O) groups excluding carboxylic acids is 1. The van der Waals surface area contributed by atoms with E-state index in [0.717, 1.165) is 16.6 Å². The van der Waals surface area contributed by atoms with Crippen LogP contribution in [0.4, 0.5) is 0 Å². The van der Waals surface area contributed by atoms with E-state index in [1.54, 1.807) is 11.2 Å². The highest BCUT2D eigenvalue weighted by Crippen LogP contribution is 2.15. The minimum Gasteiger partial charge on any atom is -0.345 e. The third-order valence-corrected chi connectivity index (χ3v) is 6.38. The molecule has 0 bridgehead atoms. The molecule has 0 atom stereocenters. The van der Waals surface area contributed by atoms with Crippen LogP contribution < -0.4 is 0 Å². The fraction of sp³-hybridized carbons (Fsp3) is 0.500. The number of H-pyrrole nitrogens is 1. The van der Waals surface area contributed by atoms with Gasteiger partial charge < -0.3 is 9.88 Å². The Bertz CT molecular complexity index is 862. The molecule has 1 aliphatic rings. The zero-order valence-electron chi connectivity index (χ0n) is 14.5. The molecule has 8 nitrogen and oxygen atoms in total. The predicted octanol–water partition coefficient (Wildman–Crippen LogP) is 0.446. The van der Waals surface area contributed by atoms with E-state index in [1.807, 2.05) is 18.2 Å². The van der Waals surface area contributed by atoms with E-state index in [-0.39, 0.29) is 5.91 Å². The van der Waals surface area contributed by atoms with Crippen LogP contribution in [0, 0.1) is 0 Å². The average Bonchev–Trinajstić information content (AvgIpc) is 2.88. The van der Waals surface area contributed by atoms with E-state index in [0.29, 0.717) is 39.0 Å². The molecule has 1 amide bonds. The van der Waals surface area contributed by atoms with Gasteiger partial charge in [-0.2, -0.15) is 17.0 Å². The number of carbonyl (C=O) groups is 1. The van der Waals surface area contributed by atoms with E-state index < -0.39 is 10.2 Å². The molecule has 0 radical (unpaired) electrons. The van der Waals surface area contributed by atoms with Gasteiger partial charge in [0.05, 0.1) is 23.8 Å². The second-order valence-electron chi connectivity index (χ2n) is 6.35. The molecular weight excluding hydrogens is 342 g/mol. The van der Waals surface area contributed by atoms with Crippen molar-refractivity contribution in [3.05, 3.63) is 30.1 Å². The van der Waals surface area contributed by atoms with E-state index in [9.17, 15) is 13.2 Å². The summed E-state index contributed by atoms with van der Waals surface area (Å²) in [6.45, 7) is 1.75. The molecule has 2 aromatic rings. The van der Waals surface area contributed by atoms with E-state index in [4.69, 9.17) is 0 Å². The second-order valence-corrected chi connectivity index (χ2v) is 8.50. The van der Waals surface area contributed by atoms with Crippen LogP contribution in [0.2, 0.25) is 0 Å². The monoisotopic (exact) mass is 365 g/mol. The Morgan fingerprint density at radius 3 is 2.80 bits per heavy atom. The van der Waals surface area contributed by atoms with Crippen LogP contribution in [-0.4, -0.2) is 78.1 Å². The van der Waals surface area contributed by atoms with Crippen molar-refractivity contribution in [2.24, 2.45) is 0 Å². The third kappa shape index (κ3) is 3.83. The Balaban J connectivity index is 1.64. The minimum absolute atomic E-state index is 0.0166. The first-order chi connectivity index (χ1) is 11.9. The Hall–Kier alpha value is -1.97. The van der Waals surface area contributed by atoms with Crippen LogP contribution in [0.25, 0.3) is 11.0 Å². The van der Waals surface area contributed by atoms with Crippen LogP contribution >= 0.6 is 0 Å². The van der Waals surface area contributed by atoms with Gasteiger partial charge in [0.1, 0.15) is 0 Å². The molecule has 2 heterocycles. The molecule has 1 aliphatic heterocycles. The summed E-state index contributed by atoms with van der Waals surface area (Å²) in [7, 11) is -0.386. The van der Waals surface area contributed by atoms with Crippen molar-refractivity contribution in [3.8, 4) is 0 Å². The summed E-state index contributed by atoms with van der Waals surface area (Å²) in [5.74, 6) is 0.0166. The molecule has 136 valence electrons. The maximum Gasteiger partial charge on any atom is 0.281 e. The number of fused-ring (bicyclic) bond motifs is 1. The molecule has 0 saturated carbocycles. The summed E-state index contributed by atoms with van der Waals surface area (Å²) in [4.78, 5) is 21.6. The van der Waals surface area contributed by atoms with Crippen molar-refractivity contribution in [1.29, 1.82) is 0 Å². The number of nitrogens with zero attached hydrogens (tertiary/aromatic N) is 4. The first kappa shape index (κ1) is 17.8. The largest absolute Gasteiger partial charge is 0.345 e. The highest BCUT2D eigenvalue weighted by molar-refractivity contribution is 7.86. The van der Waals surface area contributed by atoms with Gasteiger partial charge in [-0.1, -0.05) is 6.07 Å². The highest BCUT2D eigenvalue weighted by atomic mass is 32.2. The maximum atomic E-state index is 12.6. The van der Waals surface area contributed by atoms with Gasteiger partial charge in [-0.25, -0.2) is 4.98 Å². The lowest BCUT2D eigenvalue weighted by molar-refractivity contribution is -0.130. The molecule has 1 fully saturated rings.